The molecule has 0 bridgehead atoms. The minimum atomic E-state index is -0.532. The number of carbonyl (C=O) groups excluding carboxylic acids is 1. The number of halogens is 1. The Hall–Kier alpha value is -2.35. The van der Waals surface area contributed by atoms with Crippen LogP contribution in [0.4, 0.5) is 4.39 Å². The summed E-state index contributed by atoms with van der Waals surface area (Å²) in [6.07, 6.45) is 10.3. The van der Waals surface area contributed by atoms with Crippen molar-refractivity contribution in [3.8, 4) is 5.69 Å². The average Bonchev–Trinajstić information content (AvgIpc) is 3.22. The Bertz CT molecular complexity index is 1140. The SMILES string of the molecule is C[C@H]1CC[C@H](C(=O)Cn2nnn(-c3cccc(F)c3)c2=O)CCC[C@H]2[C@H]1CC[C@@H]1C[C@](C)(O)CC[C@@H]12. The number of nitrogens with zero attached hydrogens (tertiary/aromatic N) is 4. The van der Waals surface area contributed by atoms with Crippen LogP contribution >= 0.6 is 0 Å². The molecule has 2 aromatic rings. The Balaban J connectivity index is 1.25. The van der Waals surface area contributed by atoms with Crippen molar-refractivity contribution >= 4 is 5.78 Å². The van der Waals surface area contributed by atoms with Gasteiger partial charge in [0, 0.05) is 5.92 Å². The van der Waals surface area contributed by atoms with Gasteiger partial charge in [-0.25, -0.2) is 9.18 Å². The Morgan fingerprint density at radius 2 is 1.92 bits per heavy atom. The molecule has 1 N–H and O–H groups in total. The zero-order valence-electron chi connectivity index (χ0n) is 21.5. The van der Waals surface area contributed by atoms with Crippen LogP contribution in [0.15, 0.2) is 29.1 Å². The molecule has 8 heteroatoms. The zero-order valence-corrected chi connectivity index (χ0v) is 21.5. The lowest BCUT2D eigenvalue weighted by Crippen LogP contribution is -2.45. The molecule has 1 aromatic carbocycles. The monoisotopic (exact) mass is 498 g/mol. The summed E-state index contributed by atoms with van der Waals surface area (Å²) in [5, 5.41) is 18.4. The van der Waals surface area contributed by atoms with Gasteiger partial charge >= 0.3 is 5.69 Å². The van der Waals surface area contributed by atoms with Crippen LogP contribution in [0.25, 0.3) is 5.69 Å². The quantitative estimate of drug-likeness (QED) is 0.668. The first-order valence-corrected chi connectivity index (χ1v) is 13.8. The number of Topliss-reactive ketones (excluding diaryl/α,β-unsaturated/α-hetero) is 1. The van der Waals surface area contributed by atoms with Crippen molar-refractivity contribution in [3.63, 3.8) is 0 Å². The third-order valence-electron chi connectivity index (χ3n) is 9.54. The molecule has 0 saturated heterocycles. The molecule has 3 aliphatic carbocycles. The van der Waals surface area contributed by atoms with Crippen molar-refractivity contribution in [3.05, 3.63) is 40.6 Å². The lowest BCUT2D eigenvalue weighted by atomic mass is 9.56. The summed E-state index contributed by atoms with van der Waals surface area (Å²) in [6.45, 7) is 4.26. The van der Waals surface area contributed by atoms with Crippen LogP contribution < -0.4 is 5.69 Å². The maximum Gasteiger partial charge on any atom is 0.368 e. The maximum absolute atomic E-state index is 13.6. The van der Waals surface area contributed by atoms with E-state index in [-0.39, 0.29) is 18.2 Å². The van der Waals surface area contributed by atoms with Crippen molar-refractivity contribution in [2.75, 3.05) is 0 Å². The number of hydrogen-bond donors (Lipinski definition) is 1. The second-order valence-electron chi connectivity index (χ2n) is 12.0. The van der Waals surface area contributed by atoms with Crippen molar-refractivity contribution in [1.82, 2.24) is 19.8 Å². The van der Waals surface area contributed by atoms with Crippen LogP contribution in [0.3, 0.4) is 0 Å². The van der Waals surface area contributed by atoms with E-state index in [4.69, 9.17) is 0 Å². The number of tetrazole rings is 1. The number of carbonyl (C=O) groups is 1. The van der Waals surface area contributed by atoms with E-state index in [0.717, 1.165) is 60.7 Å². The van der Waals surface area contributed by atoms with Gasteiger partial charge in [-0.15, -0.1) is 0 Å². The molecule has 0 aliphatic heterocycles. The Morgan fingerprint density at radius 3 is 2.72 bits per heavy atom. The van der Waals surface area contributed by atoms with Crippen molar-refractivity contribution in [2.45, 2.75) is 90.2 Å². The first kappa shape index (κ1) is 25.3. The van der Waals surface area contributed by atoms with Gasteiger partial charge < -0.3 is 5.11 Å². The van der Waals surface area contributed by atoms with Crippen LogP contribution in [0, 0.1) is 41.3 Å². The van der Waals surface area contributed by atoms with E-state index >= 15 is 0 Å². The zero-order chi connectivity index (χ0) is 25.4. The highest BCUT2D eigenvalue weighted by molar-refractivity contribution is 5.80. The van der Waals surface area contributed by atoms with Crippen LogP contribution in [-0.4, -0.2) is 36.3 Å². The fourth-order valence-corrected chi connectivity index (χ4v) is 7.65. The summed E-state index contributed by atoms with van der Waals surface area (Å²) >= 11 is 0. The van der Waals surface area contributed by atoms with E-state index in [1.165, 1.54) is 31.0 Å². The Kier molecular flexibility index (Phi) is 7.16. The molecule has 1 aromatic heterocycles. The third-order valence-corrected chi connectivity index (χ3v) is 9.54. The fourth-order valence-electron chi connectivity index (χ4n) is 7.65. The highest BCUT2D eigenvalue weighted by Gasteiger charge is 2.46. The minimum absolute atomic E-state index is 0.0343. The van der Waals surface area contributed by atoms with E-state index in [1.807, 2.05) is 6.92 Å². The average molecular weight is 499 g/mol. The molecule has 1 heterocycles. The molecular weight excluding hydrogens is 459 g/mol. The van der Waals surface area contributed by atoms with Crippen LogP contribution in [0.2, 0.25) is 0 Å². The molecule has 7 nitrogen and oxygen atoms in total. The van der Waals surface area contributed by atoms with Crippen LogP contribution in [0.5, 0.6) is 0 Å². The fraction of sp³-hybridized carbons (Fsp3) is 0.714. The Labute approximate surface area is 212 Å². The topological polar surface area (TPSA) is 90.0 Å². The highest BCUT2D eigenvalue weighted by atomic mass is 19.1. The first-order chi connectivity index (χ1) is 17.2. The van der Waals surface area contributed by atoms with Gasteiger partial charge in [-0.05, 0) is 123 Å². The van der Waals surface area contributed by atoms with Crippen LogP contribution in [0.1, 0.15) is 78.1 Å². The van der Waals surface area contributed by atoms with Gasteiger partial charge in [-0.3, -0.25) is 4.79 Å². The molecule has 3 fully saturated rings. The van der Waals surface area contributed by atoms with E-state index in [1.54, 1.807) is 6.07 Å². The number of benzene rings is 1. The lowest BCUT2D eigenvalue weighted by Gasteiger charge is -2.50. The van der Waals surface area contributed by atoms with E-state index in [0.29, 0.717) is 35.3 Å². The largest absolute Gasteiger partial charge is 0.390 e. The molecular formula is C28H39FN4O3. The van der Waals surface area contributed by atoms with Gasteiger partial charge in [0.2, 0.25) is 0 Å². The number of ketones is 1. The molecule has 36 heavy (non-hydrogen) atoms. The summed E-state index contributed by atoms with van der Waals surface area (Å²) < 4.78 is 15.7. The lowest BCUT2D eigenvalue weighted by molar-refractivity contribution is -0.124. The number of fused-ring (bicyclic) bond motifs is 3. The second-order valence-corrected chi connectivity index (χ2v) is 12.0. The molecule has 3 aliphatic rings. The molecule has 5 rings (SSSR count). The first-order valence-electron chi connectivity index (χ1n) is 13.8. The van der Waals surface area contributed by atoms with Gasteiger partial charge in [-0.1, -0.05) is 19.4 Å². The predicted octanol–water partition coefficient (Wildman–Crippen LogP) is 4.55. The summed E-state index contributed by atoms with van der Waals surface area (Å²) in [6, 6.07) is 5.62. The van der Waals surface area contributed by atoms with Gasteiger partial charge in [-0.2, -0.15) is 9.36 Å². The molecule has 7 atom stereocenters. The van der Waals surface area contributed by atoms with Gasteiger partial charge in [0.05, 0.1) is 11.3 Å². The molecule has 3 saturated carbocycles. The van der Waals surface area contributed by atoms with E-state index in [9.17, 15) is 19.1 Å². The third kappa shape index (κ3) is 5.20. The summed E-state index contributed by atoms with van der Waals surface area (Å²) in [5.41, 5.74) is -0.750. The number of rotatable bonds is 4. The summed E-state index contributed by atoms with van der Waals surface area (Å²) in [7, 11) is 0. The smallest absolute Gasteiger partial charge is 0.368 e. The van der Waals surface area contributed by atoms with Crippen LogP contribution in [-0.2, 0) is 11.3 Å². The maximum atomic E-state index is 13.6. The van der Waals surface area contributed by atoms with Crippen molar-refractivity contribution in [2.24, 2.45) is 35.5 Å². The van der Waals surface area contributed by atoms with Gasteiger partial charge in [0.15, 0.2) is 5.78 Å². The standard InChI is InChI=1S/C28H39FN4O3/c1-18-9-10-19(5-3-8-25-23(18)12-11-20-16-28(2,36)14-13-24(20)25)26(34)17-32-27(35)33(31-30-32)22-7-4-6-21(29)15-22/h4,6-7,15,18-20,23-25,36H,3,5,8-14,16-17H2,1-2H3/t18-,19+,20+,23-,24-,25-,28+/m0/s1. The number of hydrogen-bond acceptors (Lipinski definition) is 5. The summed E-state index contributed by atoms with van der Waals surface area (Å²) in [4.78, 5) is 26.1. The van der Waals surface area contributed by atoms with Gasteiger partial charge in [0.25, 0.3) is 0 Å². The van der Waals surface area contributed by atoms with E-state index < -0.39 is 17.1 Å². The molecule has 0 amide bonds. The molecule has 0 spiro atoms. The van der Waals surface area contributed by atoms with Crippen molar-refractivity contribution < 1.29 is 14.3 Å². The predicted molar refractivity (Wildman–Crippen MR) is 134 cm³/mol. The second kappa shape index (κ2) is 10.2. The normalized spacial score (nSPS) is 35.1. The van der Waals surface area contributed by atoms with Crippen molar-refractivity contribution in [1.29, 1.82) is 0 Å². The summed E-state index contributed by atoms with van der Waals surface area (Å²) in [5.74, 6) is 2.80. The Morgan fingerprint density at radius 1 is 1.08 bits per heavy atom. The minimum Gasteiger partial charge on any atom is -0.390 e. The molecule has 0 radical (unpaired) electrons. The molecule has 0 unspecified atom stereocenters. The molecule has 196 valence electrons. The highest BCUT2D eigenvalue weighted by Crippen LogP contribution is 2.53. The number of aromatic nitrogens is 4. The van der Waals surface area contributed by atoms with E-state index in [2.05, 4.69) is 17.4 Å². The van der Waals surface area contributed by atoms with Gasteiger partial charge in [0.1, 0.15) is 12.4 Å². The number of aliphatic hydroxyl groups is 1.